The van der Waals surface area contributed by atoms with E-state index in [0.717, 1.165) is 49.0 Å². The van der Waals surface area contributed by atoms with E-state index < -0.39 is 0 Å². The van der Waals surface area contributed by atoms with Gasteiger partial charge in [-0.15, -0.1) is 0 Å². The van der Waals surface area contributed by atoms with Gasteiger partial charge in [-0.1, -0.05) is 18.2 Å². The summed E-state index contributed by atoms with van der Waals surface area (Å²) in [7, 11) is 3.53. The number of H-pyrrole nitrogens is 1. The van der Waals surface area contributed by atoms with E-state index in [1.165, 1.54) is 10.9 Å². The fraction of sp³-hybridized carbons (Fsp3) is 0.360. The molecule has 1 aliphatic heterocycles. The molecular weight excluding hydrogens is 388 g/mol. The molecular formula is C25H30N4O2. The molecule has 162 valence electrons. The lowest BCUT2D eigenvalue weighted by Crippen LogP contribution is -2.33. The lowest BCUT2D eigenvalue weighted by Gasteiger charge is -2.23. The second-order valence-electron chi connectivity index (χ2n) is 8.61. The zero-order valence-corrected chi connectivity index (χ0v) is 18.2. The smallest absolute Gasteiger partial charge is 0.253 e. The number of carbonyl (C=O) groups excluding carboxylic acids is 2. The predicted octanol–water partition coefficient (Wildman–Crippen LogP) is 3.42. The van der Waals surface area contributed by atoms with Crippen LogP contribution in [0.2, 0.25) is 0 Å². The first kappa shape index (κ1) is 21.1. The van der Waals surface area contributed by atoms with Crippen LogP contribution < -0.4 is 5.73 Å². The number of hydrogen-bond acceptors (Lipinski definition) is 3. The topological polar surface area (TPSA) is 82.4 Å². The molecule has 2 heterocycles. The summed E-state index contributed by atoms with van der Waals surface area (Å²) in [6, 6.07) is 14.6. The molecule has 3 N–H and O–H groups in total. The van der Waals surface area contributed by atoms with Crippen LogP contribution >= 0.6 is 0 Å². The molecule has 0 spiro atoms. The second kappa shape index (κ2) is 8.94. The minimum Gasteiger partial charge on any atom is -0.370 e. The maximum absolute atomic E-state index is 12.4. The van der Waals surface area contributed by atoms with Crippen molar-refractivity contribution in [1.82, 2.24) is 14.8 Å². The van der Waals surface area contributed by atoms with Crippen molar-refractivity contribution in [3.63, 3.8) is 0 Å². The van der Waals surface area contributed by atoms with Gasteiger partial charge in [-0.25, -0.2) is 0 Å². The molecule has 1 aliphatic rings. The van der Waals surface area contributed by atoms with Gasteiger partial charge in [-0.3, -0.25) is 14.5 Å². The fourth-order valence-corrected chi connectivity index (χ4v) is 4.55. The summed E-state index contributed by atoms with van der Waals surface area (Å²) in [6.45, 7) is 1.76. The van der Waals surface area contributed by atoms with Gasteiger partial charge in [0, 0.05) is 55.8 Å². The normalized spacial score (nSPS) is 16.6. The van der Waals surface area contributed by atoms with Crippen molar-refractivity contribution in [2.75, 3.05) is 27.2 Å². The highest BCUT2D eigenvalue weighted by molar-refractivity contribution is 5.95. The molecule has 1 fully saturated rings. The quantitative estimate of drug-likeness (QED) is 0.617. The monoisotopic (exact) mass is 418 g/mol. The minimum absolute atomic E-state index is 0.00236. The number of likely N-dealkylation sites (tertiary alicyclic amines) is 1. The first-order valence-electron chi connectivity index (χ1n) is 10.9. The third-order valence-electron chi connectivity index (χ3n) is 6.22. The summed E-state index contributed by atoms with van der Waals surface area (Å²) >= 11 is 0. The number of nitrogens with one attached hydrogen (secondary N) is 1. The first-order valence-corrected chi connectivity index (χ1v) is 10.9. The molecule has 6 nitrogen and oxygen atoms in total. The lowest BCUT2D eigenvalue weighted by molar-refractivity contribution is -0.118. The summed E-state index contributed by atoms with van der Waals surface area (Å²) in [4.78, 5) is 30.9. The predicted molar refractivity (Wildman–Crippen MR) is 124 cm³/mol. The van der Waals surface area contributed by atoms with Crippen LogP contribution in [0.3, 0.4) is 0 Å². The number of aromatic nitrogens is 1. The average molecular weight is 419 g/mol. The van der Waals surface area contributed by atoms with Crippen LogP contribution in [0, 0.1) is 0 Å². The van der Waals surface area contributed by atoms with Crippen LogP contribution in [-0.4, -0.2) is 59.8 Å². The van der Waals surface area contributed by atoms with Gasteiger partial charge in [0.2, 0.25) is 5.91 Å². The van der Waals surface area contributed by atoms with E-state index in [0.29, 0.717) is 18.0 Å². The number of fused-ring (bicyclic) bond motifs is 1. The summed E-state index contributed by atoms with van der Waals surface area (Å²) in [5, 5.41) is 1.21. The number of benzene rings is 2. The van der Waals surface area contributed by atoms with E-state index in [9.17, 15) is 9.59 Å². The molecule has 1 atom stereocenters. The van der Waals surface area contributed by atoms with Gasteiger partial charge < -0.3 is 15.6 Å². The Labute approximate surface area is 183 Å². The maximum Gasteiger partial charge on any atom is 0.253 e. The zero-order valence-electron chi connectivity index (χ0n) is 18.2. The van der Waals surface area contributed by atoms with Crippen molar-refractivity contribution in [3.05, 3.63) is 59.8 Å². The zero-order chi connectivity index (χ0) is 22.0. The van der Waals surface area contributed by atoms with Crippen molar-refractivity contribution in [2.45, 2.75) is 31.7 Å². The van der Waals surface area contributed by atoms with Crippen LogP contribution in [0.5, 0.6) is 0 Å². The van der Waals surface area contributed by atoms with Gasteiger partial charge >= 0.3 is 0 Å². The number of amides is 2. The molecule has 0 saturated carbocycles. The number of nitrogens with two attached hydrogens (primary N) is 1. The molecule has 0 unspecified atom stereocenters. The molecule has 4 rings (SSSR count). The Morgan fingerprint density at radius 3 is 2.74 bits per heavy atom. The van der Waals surface area contributed by atoms with Crippen molar-refractivity contribution in [2.24, 2.45) is 5.73 Å². The van der Waals surface area contributed by atoms with E-state index in [2.05, 4.69) is 34.3 Å². The SMILES string of the molecule is CN(C)C(=O)c1cccc(-c2ccc3[nH]cc(C[C@H]4CCCN4CCC(N)=O)c3c2)c1. The average Bonchev–Trinajstić information content (AvgIpc) is 3.38. The first-order chi connectivity index (χ1) is 14.9. The van der Waals surface area contributed by atoms with Crippen molar-refractivity contribution in [3.8, 4) is 11.1 Å². The van der Waals surface area contributed by atoms with Crippen LogP contribution in [0.15, 0.2) is 48.7 Å². The number of aromatic amines is 1. The molecule has 3 aromatic rings. The Balaban J connectivity index is 1.59. The van der Waals surface area contributed by atoms with Gasteiger partial charge in [0.1, 0.15) is 0 Å². The standard InChI is InChI=1S/C25H30N4O2/c1-28(2)25(31)19-6-3-5-17(13-19)18-8-9-23-22(15-18)20(16-27-23)14-21-7-4-11-29(21)12-10-24(26)30/h3,5-6,8-9,13,15-16,21,27H,4,7,10-12,14H2,1-2H3,(H2,26,30)/t21-/m1/s1. The summed E-state index contributed by atoms with van der Waals surface area (Å²) in [6.07, 6.45) is 5.76. The van der Waals surface area contributed by atoms with E-state index >= 15 is 0 Å². The molecule has 2 aromatic carbocycles. The molecule has 1 saturated heterocycles. The Kier molecular flexibility index (Phi) is 6.09. The van der Waals surface area contributed by atoms with Crippen molar-refractivity contribution < 1.29 is 9.59 Å². The van der Waals surface area contributed by atoms with Gasteiger partial charge in [0.05, 0.1) is 0 Å². The van der Waals surface area contributed by atoms with Crippen LogP contribution in [0.1, 0.15) is 35.2 Å². The van der Waals surface area contributed by atoms with Crippen LogP contribution in [-0.2, 0) is 11.2 Å². The molecule has 2 amide bonds. The number of rotatable bonds is 7. The van der Waals surface area contributed by atoms with E-state index in [1.807, 2.05) is 24.3 Å². The van der Waals surface area contributed by atoms with Gasteiger partial charge in [-0.05, 0) is 66.8 Å². The Hall–Kier alpha value is -3.12. The largest absolute Gasteiger partial charge is 0.370 e. The highest BCUT2D eigenvalue weighted by atomic mass is 16.2. The molecule has 0 aliphatic carbocycles. The summed E-state index contributed by atoms with van der Waals surface area (Å²) in [5.41, 5.74) is 10.6. The molecule has 6 heteroatoms. The van der Waals surface area contributed by atoms with Gasteiger partial charge in [0.25, 0.3) is 5.91 Å². The molecule has 31 heavy (non-hydrogen) atoms. The van der Waals surface area contributed by atoms with Crippen molar-refractivity contribution in [1.29, 1.82) is 0 Å². The van der Waals surface area contributed by atoms with E-state index in [-0.39, 0.29) is 11.8 Å². The summed E-state index contributed by atoms with van der Waals surface area (Å²) < 4.78 is 0. The maximum atomic E-state index is 12.4. The number of carbonyl (C=O) groups is 2. The third kappa shape index (κ3) is 4.64. The summed E-state index contributed by atoms with van der Waals surface area (Å²) in [5.74, 6) is -0.236. The lowest BCUT2D eigenvalue weighted by atomic mass is 9.98. The molecule has 0 radical (unpaired) electrons. The highest BCUT2D eigenvalue weighted by Gasteiger charge is 2.25. The van der Waals surface area contributed by atoms with Gasteiger partial charge in [-0.2, -0.15) is 0 Å². The third-order valence-corrected chi connectivity index (χ3v) is 6.22. The number of nitrogens with zero attached hydrogens (tertiary/aromatic N) is 2. The Morgan fingerprint density at radius 2 is 1.97 bits per heavy atom. The molecule has 1 aromatic heterocycles. The van der Waals surface area contributed by atoms with Gasteiger partial charge in [0.15, 0.2) is 0 Å². The Morgan fingerprint density at radius 1 is 1.16 bits per heavy atom. The highest BCUT2D eigenvalue weighted by Crippen LogP contribution is 2.30. The number of hydrogen-bond donors (Lipinski definition) is 2. The van der Waals surface area contributed by atoms with Crippen molar-refractivity contribution >= 4 is 22.7 Å². The fourth-order valence-electron chi connectivity index (χ4n) is 4.55. The van der Waals surface area contributed by atoms with Crippen LogP contribution in [0.4, 0.5) is 0 Å². The van der Waals surface area contributed by atoms with E-state index in [1.54, 1.807) is 19.0 Å². The molecule has 0 bridgehead atoms. The second-order valence-corrected chi connectivity index (χ2v) is 8.61. The number of primary amides is 1. The Bertz CT molecular complexity index is 1100. The van der Waals surface area contributed by atoms with Crippen LogP contribution in [0.25, 0.3) is 22.0 Å². The minimum atomic E-state index is -0.239. The van der Waals surface area contributed by atoms with E-state index in [4.69, 9.17) is 5.73 Å².